The number of aromatic nitrogens is 2. The first-order chi connectivity index (χ1) is 9.63. The molecular weight excluding hydrogens is 274 g/mol. The molecule has 2 heterocycles. The van der Waals surface area contributed by atoms with Crippen molar-refractivity contribution < 1.29 is 4.42 Å². The lowest BCUT2D eigenvalue weighted by Gasteiger charge is -2.06. The summed E-state index contributed by atoms with van der Waals surface area (Å²) in [6.07, 6.45) is 0. The summed E-state index contributed by atoms with van der Waals surface area (Å²) in [6.45, 7) is 1.88. The van der Waals surface area contributed by atoms with Crippen molar-refractivity contribution >= 4 is 17.5 Å². The quantitative estimate of drug-likeness (QED) is 0.774. The molecule has 2 N–H and O–H groups in total. The highest BCUT2D eigenvalue weighted by atomic mass is 35.5. The predicted octanol–water partition coefficient (Wildman–Crippen LogP) is 3.95. The average molecular weight is 286 g/mol. The van der Waals surface area contributed by atoms with Crippen LogP contribution >= 0.6 is 11.6 Å². The van der Waals surface area contributed by atoms with Crippen LogP contribution in [-0.4, -0.2) is 9.97 Å². The second kappa shape index (κ2) is 4.98. The fraction of sp³-hybridized carbons (Fsp3) is 0.0667. The molecule has 3 rings (SSSR count). The molecule has 0 fully saturated rings. The van der Waals surface area contributed by atoms with E-state index in [1.54, 1.807) is 0 Å². The third kappa shape index (κ3) is 2.38. The maximum Gasteiger partial charge on any atom is 0.221 e. The summed E-state index contributed by atoms with van der Waals surface area (Å²) in [4.78, 5) is 8.44. The van der Waals surface area contributed by atoms with E-state index in [1.165, 1.54) is 0 Å². The van der Waals surface area contributed by atoms with Gasteiger partial charge in [0.25, 0.3) is 0 Å². The minimum absolute atomic E-state index is 0.187. The monoisotopic (exact) mass is 285 g/mol. The van der Waals surface area contributed by atoms with Gasteiger partial charge in [-0.3, -0.25) is 0 Å². The van der Waals surface area contributed by atoms with Crippen molar-refractivity contribution in [3.8, 4) is 22.7 Å². The molecule has 3 aromatic rings. The van der Waals surface area contributed by atoms with Gasteiger partial charge >= 0.3 is 0 Å². The van der Waals surface area contributed by atoms with Crippen molar-refractivity contribution in [3.05, 3.63) is 53.2 Å². The van der Waals surface area contributed by atoms with E-state index in [4.69, 9.17) is 21.8 Å². The summed E-state index contributed by atoms with van der Waals surface area (Å²) >= 11 is 6.19. The Morgan fingerprint density at radius 2 is 1.80 bits per heavy atom. The van der Waals surface area contributed by atoms with Gasteiger partial charge in [0.1, 0.15) is 11.5 Å². The third-order valence-corrected chi connectivity index (χ3v) is 3.22. The average Bonchev–Trinajstić information content (AvgIpc) is 2.85. The summed E-state index contributed by atoms with van der Waals surface area (Å²) in [5.41, 5.74) is 7.91. The number of benzene rings is 1. The summed E-state index contributed by atoms with van der Waals surface area (Å²) in [6, 6.07) is 13.0. The van der Waals surface area contributed by atoms with E-state index < -0.39 is 0 Å². The maximum absolute atomic E-state index is 6.19. The van der Waals surface area contributed by atoms with E-state index in [0.717, 1.165) is 11.3 Å². The smallest absolute Gasteiger partial charge is 0.221 e. The van der Waals surface area contributed by atoms with Gasteiger partial charge in [0.15, 0.2) is 5.76 Å². The zero-order chi connectivity index (χ0) is 14.1. The standard InChI is InChI=1S/C15H12ClN3O/c1-9-6-7-14(20-9)13-8-12(18-15(17)19-13)10-4-2-3-5-11(10)16/h2-8H,1H3,(H2,17,18,19). The van der Waals surface area contributed by atoms with Crippen LogP contribution < -0.4 is 5.73 Å². The number of rotatable bonds is 2. The molecule has 0 unspecified atom stereocenters. The van der Waals surface area contributed by atoms with Crippen LogP contribution in [0, 0.1) is 6.92 Å². The van der Waals surface area contributed by atoms with E-state index in [9.17, 15) is 0 Å². The van der Waals surface area contributed by atoms with Crippen molar-refractivity contribution in [1.82, 2.24) is 9.97 Å². The van der Waals surface area contributed by atoms with Gasteiger partial charge in [-0.1, -0.05) is 29.8 Å². The molecular formula is C15H12ClN3O. The highest BCUT2D eigenvalue weighted by Gasteiger charge is 2.11. The molecule has 0 bridgehead atoms. The first-order valence-corrected chi connectivity index (χ1v) is 6.47. The molecule has 5 heteroatoms. The van der Waals surface area contributed by atoms with Gasteiger partial charge in [-0.05, 0) is 31.2 Å². The number of hydrogen-bond donors (Lipinski definition) is 1. The van der Waals surface area contributed by atoms with Crippen LogP contribution in [0.3, 0.4) is 0 Å². The van der Waals surface area contributed by atoms with Crippen LogP contribution in [0.1, 0.15) is 5.76 Å². The second-order valence-electron chi connectivity index (χ2n) is 4.39. The number of nitrogens with zero attached hydrogens (tertiary/aromatic N) is 2. The van der Waals surface area contributed by atoms with Crippen LogP contribution in [0.25, 0.3) is 22.7 Å². The largest absolute Gasteiger partial charge is 0.460 e. The molecule has 0 saturated heterocycles. The number of hydrogen-bond acceptors (Lipinski definition) is 4. The van der Waals surface area contributed by atoms with Crippen molar-refractivity contribution in [1.29, 1.82) is 0 Å². The van der Waals surface area contributed by atoms with Gasteiger partial charge in [0.05, 0.1) is 5.69 Å². The highest BCUT2D eigenvalue weighted by molar-refractivity contribution is 6.33. The number of nitrogens with two attached hydrogens (primary N) is 1. The molecule has 2 aromatic heterocycles. The van der Waals surface area contributed by atoms with E-state index in [0.29, 0.717) is 22.2 Å². The molecule has 0 amide bonds. The number of aryl methyl sites for hydroxylation is 1. The van der Waals surface area contributed by atoms with Crippen molar-refractivity contribution in [2.75, 3.05) is 5.73 Å². The Kier molecular flexibility index (Phi) is 3.16. The molecule has 1 aromatic carbocycles. The van der Waals surface area contributed by atoms with Gasteiger partial charge in [-0.15, -0.1) is 0 Å². The van der Waals surface area contributed by atoms with Crippen molar-refractivity contribution in [3.63, 3.8) is 0 Å². The van der Waals surface area contributed by atoms with E-state index in [1.807, 2.05) is 49.4 Å². The fourth-order valence-electron chi connectivity index (χ4n) is 1.97. The van der Waals surface area contributed by atoms with Gasteiger partial charge in [0, 0.05) is 10.6 Å². The molecule has 20 heavy (non-hydrogen) atoms. The van der Waals surface area contributed by atoms with Crippen molar-refractivity contribution in [2.45, 2.75) is 6.92 Å². The second-order valence-corrected chi connectivity index (χ2v) is 4.79. The lowest BCUT2D eigenvalue weighted by atomic mass is 10.1. The predicted molar refractivity (Wildman–Crippen MR) is 79.3 cm³/mol. The molecule has 0 radical (unpaired) electrons. The minimum Gasteiger partial charge on any atom is -0.460 e. The van der Waals surface area contributed by atoms with Gasteiger partial charge in [0.2, 0.25) is 5.95 Å². The van der Waals surface area contributed by atoms with Crippen molar-refractivity contribution in [2.24, 2.45) is 0 Å². The first-order valence-electron chi connectivity index (χ1n) is 6.10. The maximum atomic E-state index is 6.19. The Morgan fingerprint density at radius 1 is 1.05 bits per heavy atom. The molecule has 0 spiro atoms. The van der Waals surface area contributed by atoms with Crippen LogP contribution in [-0.2, 0) is 0 Å². The van der Waals surface area contributed by atoms with Crippen LogP contribution in [0.5, 0.6) is 0 Å². The lowest BCUT2D eigenvalue weighted by Crippen LogP contribution is -1.98. The molecule has 0 aliphatic rings. The zero-order valence-corrected chi connectivity index (χ0v) is 11.6. The molecule has 0 atom stereocenters. The minimum atomic E-state index is 0.187. The lowest BCUT2D eigenvalue weighted by molar-refractivity contribution is 0.546. The highest BCUT2D eigenvalue weighted by Crippen LogP contribution is 2.29. The number of furan rings is 1. The Bertz CT molecular complexity index is 767. The third-order valence-electron chi connectivity index (χ3n) is 2.89. The Hall–Kier alpha value is -2.33. The van der Waals surface area contributed by atoms with E-state index >= 15 is 0 Å². The zero-order valence-electron chi connectivity index (χ0n) is 10.8. The fourth-order valence-corrected chi connectivity index (χ4v) is 2.20. The molecule has 0 aliphatic heterocycles. The van der Waals surface area contributed by atoms with Crippen LogP contribution in [0.2, 0.25) is 5.02 Å². The normalized spacial score (nSPS) is 10.7. The van der Waals surface area contributed by atoms with Gasteiger partial charge < -0.3 is 10.2 Å². The van der Waals surface area contributed by atoms with Crippen LogP contribution in [0.15, 0.2) is 46.9 Å². The van der Waals surface area contributed by atoms with Gasteiger partial charge in [-0.2, -0.15) is 0 Å². The first kappa shape index (κ1) is 12.7. The number of nitrogen functional groups attached to an aromatic ring is 1. The number of anilines is 1. The summed E-state index contributed by atoms with van der Waals surface area (Å²) in [7, 11) is 0. The number of halogens is 1. The van der Waals surface area contributed by atoms with E-state index in [-0.39, 0.29) is 5.95 Å². The van der Waals surface area contributed by atoms with Gasteiger partial charge in [-0.25, -0.2) is 9.97 Å². The SMILES string of the molecule is Cc1ccc(-c2cc(-c3ccccc3Cl)nc(N)n2)o1. The Morgan fingerprint density at radius 3 is 2.50 bits per heavy atom. The summed E-state index contributed by atoms with van der Waals surface area (Å²) < 4.78 is 5.57. The Balaban J connectivity index is 2.14. The molecule has 0 saturated carbocycles. The Labute approximate surface area is 121 Å². The summed E-state index contributed by atoms with van der Waals surface area (Å²) in [5, 5.41) is 0.618. The molecule has 100 valence electrons. The van der Waals surface area contributed by atoms with E-state index in [2.05, 4.69) is 9.97 Å². The topological polar surface area (TPSA) is 64.9 Å². The van der Waals surface area contributed by atoms with Crippen LogP contribution in [0.4, 0.5) is 5.95 Å². The molecule has 4 nitrogen and oxygen atoms in total. The summed E-state index contributed by atoms with van der Waals surface area (Å²) in [5.74, 6) is 1.66. The molecule has 0 aliphatic carbocycles.